The molecule has 0 heterocycles. The zero-order valence-electron chi connectivity index (χ0n) is 10.1. The van der Waals surface area contributed by atoms with Gasteiger partial charge < -0.3 is 15.2 Å². The summed E-state index contributed by atoms with van der Waals surface area (Å²) in [6, 6.07) is -0.112. The number of carbonyl (C=O) groups excluding carboxylic acids is 1. The Kier molecular flexibility index (Phi) is 6.25. The van der Waals surface area contributed by atoms with Gasteiger partial charge in [-0.05, 0) is 27.7 Å². The maximum Gasteiger partial charge on any atom is 0.407 e. The molecule has 0 radical (unpaired) electrons. The van der Waals surface area contributed by atoms with E-state index in [1.54, 1.807) is 27.7 Å². The van der Waals surface area contributed by atoms with Crippen LogP contribution < -0.4 is 5.32 Å². The van der Waals surface area contributed by atoms with E-state index in [2.05, 4.69) is 5.32 Å². The molecule has 0 aromatic heterocycles. The summed E-state index contributed by atoms with van der Waals surface area (Å²) in [7, 11) is 0. The quantitative estimate of drug-likeness (QED) is 0.776. The number of carbonyl (C=O) groups is 2. The summed E-state index contributed by atoms with van der Waals surface area (Å²) in [6.07, 6.45) is -0.476. The van der Waals surface area contributed by atoms with E-state index in [0.717, 1.165) is 0 Å². The van der Waals surface area contributed by atoms with Gasteiger partial charge in [0.25, 0.3) is 0 Å². The summed E-state index contributed by atoms with van der Waals surface area (Å²) in [4.78, 5) is 21.6. The molecule has 94 valence electrons. The third-order valence-electron chi connectivity index (χ3n) is 1.36. The van der Waals surface area contributed by atoms with E-state index >= 15 is 0 Å². The summed E-state index contributed by atoms with van der Waals surface area (Å²) < 4.78 is 5.06. The Balaban J connectivity index is 3.74. The number of ether oxygens (including phenoxy) is 1. The summed E-state index contributed by atoms with van der Waals surface area (Å²) in [5, 5.41) is 11.1. The van der Waals surface area contributed by atoms with E-state index in [1.165, 1.54) is 11.8 Å². The molecule has 0 aliphatic rings. The van der Waals surface area contributed by atoms with Gasteiger partial charge in [-0.1, -0.05) is 0 Å². The number of amides is 1. The number of alkyl carbamates (subject to hydrolysis) is 1. The summed E-state index contributed by atoms with van der Waals surface area (Å²) in [5.74, 6) is -0.263. The molecular weight excluding hydrogens is 230 g/mol. The molecule has 0 unspecified atom stereocenters. The first-order chi connectivity index (χ1) is 7.20. The molecule has 16 heavy (non-hydrogen) atoms. The van der Waals surface area contributed by atoms with Gasteiger partial charge in [0.1, 0.15) is 5.60 Å². The summed E-state index contributed by atoms with van der Waals surface area (Å²) in [5.41, 5.74) is -0.516. The first kappa shape index (κ1) is 15.1. The molecule has 0 aliphatic heterocycles. The number of aliphatic carboxylic acids is 1. The predicted octanol–water partition coefficient (Wildman–Crippen LogP) is 1.72. The first-order valence-corrected chi connectivity index (χ1v) is 6.15. The van der Waals surface area contributed by atoms with Crippen LogP contribution in [0.2, 0.25) is 0 Å². The standard InChI is InChI=1S/C10H19NO4S/c1-7(5-16-6-8(12)13)11-9(14)15-10(2,3)4/h7H,5-6H2,1-4H3,(H,11,14)(H,12,13)/t7-/m1/s1. The monoisotopic (exact) mass is 249 g/mol. The maximum atomic E-state index is 11.3. The van der Waals surface area contributed by atoms with Crippen molar-refractivity contribution in [2.75, 3.05) is 11.5 Å². The molecule has 0 rings (SSSR count). The molecule has 0 fully saturated rings. The van der Waals surface area contributed by atoms with Crippen LogP contribution in [0.5, 0.6) is 0 Å². The average molecular weight is 249 g/mol. The van der Waals surface area contributed by atoms with Gasteiger partial charge >= 0.3 is 12.1 Å². The van der Waals surface area contributed by atoms with Crippen molar-refractivity contribution in [3.63, 3.8) is 0 Å². The minimum Gasteiger partial charge on any atom is -0.481 e. The van der Waals surface area contributed by atoms with Crippen LogP contribution in [-0.2, 0) is 9.53 Å². The molecular formula is C10H19NO4S. The van der Waals surface area contributed by atoms with Crippen molar-refractivity contribution < 1.29 is 19.4 Å². The molecule has 0 saturated carbocycles. The fraction of sp³-hybridized carbons (Fsp3) is 0.800. The Labute approximate surface area is 99.9 Å². The van der Waals surface area contributed by atoms with Crippen molar-refractivity contribution in [1.29, 1.82) is 0 Å². The van der Waals surface area contributed by atoms with E-state index in [1.807, 2.05) is 0 Å². The Morgan fingerprint density at radius 3 is 2.44 bits per heavy atom. The van der Waals surface area contributed by atoms with E-state index < -0.39 is 17.7 Å². The smallest absolute Gasteiger partial charge is 0.407 e. The third-order valence-corrected chi connectivity index (χ3v) is 2.54. The second-order valence-electron chi connectivity index (χ2n) is 4.46. The molecule has 0 aromatic carbocycles. The second-order valence-corrected chi connectivity index (χ2v) is 5.49. The molecule has 5 nitrogen and oxygen atoms in total. The molecule has 0 bridgehead atoms. The van der Waals surface area contributed by atoms with Crippen LogP contribution in [-0.4, -0.2) is 40.3 Å². The maximum absolute atomic E-state index is 11.3. The molecule has 1 atom stereocenters. The summed E-state index contributed by atoms with van der Waals surface area (Å²) >= 11 is 1.26. The van der Waals surface area contributed by atoms with Crippen molar-refractivity contribution in [2.24, 2.45) is 0 Å². The minimum absolute atomic E-state index is 0.0420. The van der Waals surface area contributed by atoms with E-state index in [-0.39, 0.29) is 11.8 Å². The van der Waals surface area contributed by atoms with Crippen molar-refractivity contribution in [3.05, 3.63) is 0 Å². The van der Waals surface area contributed by atoms with Gasteiger partial charge in [0.05, 0.1) is 5.75 Å². The van der Waals surface area contributed by atoms with Crippen molar-refractivity contribution in [1.82, 2.24) is 5.32 Å². The van der Waals surface area contributed by atoms with Gasteiger partial charge in [0.15, 0.2) is 0 Å². The van der Waals surface area contributed by atoms with E-state index in [0.29, 0.717) is 5.75 Å². The molecule has 0 spiro atoms. The van der Waals surface area contributed by atoms with Gasteiger partial charge in [-0.25, -0.2) is 4.79 Å². The van der Waals surface area contributed by atoms with Crippen LogP contribution in [0.4, 0.5) is 4.79 Å². The SMILES string of the molecule is C[C@H](CSCC(=O)O)NC(=O)OC(C)(C)C. The van der Waals surface area contributed by atoms with Gasteiger partial charge in [-0.3, -0.25) is 4.79 Å². The molecule has 0 aromatic rings. The number of carboxylic acids is 1. The van der Waals surface area contributed by atoms with Crippen LogP contribution in [0.1, 0.15) is 27.7 Å². The fourth-order valence-corrected chi connectivity index (χ4v) is 1.60. The number of hydrogen-bond acceptors (Lipinski definition) is 4. The highest BCUT2D eigenvalue weighted by Crippen LogP contribution is 2.08. The lowest BCUT2D eigenvalue weighted by atomic mass is 10.2. The highest BCUT2D eigenvalue weighted by molar-refractivity contribution is 7.99. The predicted molar refractivity (Wildman–Crippen MR) is 63.8 cm³/mol. The van der Waals surface area contributed by atoms with E-state index in [4.69, 9.17) is 9.84 Å². The van der Waals surface area contributed by atoms with Crippen LogP contribution in [0.25, 0.3) is 0 Å². The number of hydrogen-bond donors (Lipinski definition) is 2. The Morgan fingerprint density at radius 1 is 1.44 bits per heavy atom. The van der Waals surface area contributed by atoms with E-state index in [9.17, 15) is 9.59 Å². The Hall–Kier alpha value is -0.910. The number of carboxylic acid groups (broad SMARTS) is 1. The molecule has 0 saturated heterocycles. The topological polar surface area (TPSA) is 75.6 Å². The zero-order chi connectivity index (χ0) is 12.8. The zero-order valence-corrected chi connectivity index (χ0v) is 10.9. The number of nitrogens with one attached hydrogen (secondary N) is 1. The first-order valence-electron chi connectivity index (χ1n) is 5.00. The lowest BCUT2D eigenvalue weighted by Gasteiger charge is -2.21. The van der Waals surface area contributed by atoms with Gasteiger partial charge in [-0.2, -0.15) is 0 Å². The lowest BCUT2D eigenvalue weighted by molar-refractivity contribution is -0.133. The Bertz CT molecular complexity index is 250. The van der Waals surface area contributed by atoms with Gasteiger partial charge in [0, 0.05) is 11.8 Å². The lowest BCUT2D eigenvalue weighted by Crippen LogP contribution is -2.38. The van der Waals surface area contributed by atoms with Crippen LogP contribution in [0, 0.1) is 0 Å². The van der Waals surface area contributed by atoms with Crippen molar-refractivity contribution >= 4 is 23.8 Å². The van der Waals surface area contributed by atoms with Gasteiger partial charge in [0.2, 0.25) is 0 Å². The molecule has 0 aliphatic carbocycles. The minimum atomic E-state index is -0.852. The van der Waals surface area contributed by atoms with Crippen molar-refractivity contribution in [2.45, 2.75) is 39.3 Å². The number of thioether (sulfide) groups is 1. The Morgan fingerprint density at radius 2 is 2.00 bits per heavy atom. The normalized spacial score (nSPS) is 13.0. The highest BCUT2D eigenvalue weighted by atomic mass is 32.2. The van der Waals surface area contributed by atoms with Crippen molar-refractivity contribution in [3.8, 4) is 0 Å². The largest absolute Gasteiger partial charge is 0.481 e. The molecule has 2 N–H and O–H groups in total. The second kappa shape index (κ2) is 6.62. The molecule has 1 amide bonds. The van der Waals surface area contributed by atoms with Crippen LogP contribution >= 0.6 is 11.8 Å². The molecule has 6 heteroatoms. The van der Waals surface area contributed by atoms with Crippen LogP contribution in [0.3, 0.4) is 0 Å². The fourth-order valence-electron chi connectivity index (χ4n) is 0.873. The summed E-state index contributed by atoms with van der Waals surface area (Å²) in [6.45, 7) is 7.17. The number of rotatable bonds is 5. The van der Waals surface area contributed by atoms with Crippen LogP contribution in [0.15, 0.2) is 0 Å². The third kappa shape index (κ3) is 9.64. The highest BCUT2D eigenvalue weighted by Gasteiger charge is 2.17. The average Bonchev–Trinajstić information content (AvgIpc) is 1.98. The van der Waals surface area contributed by atoms with Gasteiger partial charge in [-0.15, -0.1) is 11.8 Å².